The van der Waals surface area contributed by atoms with Crippen LogP contribution in [0.25, 0.3) is 5.57 Å². The first-order valence-corrected chi connectivity index (χ1v) is 6.70. The number of ether oxygens (including phenoxy) is 1. The highest BCUT2D eigenvalue weighted by molar-refractivity contribution is 5.64. The number of carbonyl (C=O) groups excluding carboxylic acids is 1. The van der Waals surface area contributed by atoms with Crippen molar-refractivity contribution in [2.24, 2.45) is 0 Å². The van der Waals surface area contributed by atoms with Gasteiger partial charge in [0.2, 0.25) is 0 Å². The Balaban J connectivity index is 1.88. The van der Waals surface area contributed by atoms with Gasteiger partial charge in [0, 0.05) is 12.7 Å². The van der Waals surface area contributed by atoms with Gasteiger partial charge in [-0.1, -0.05) is 12.1 Å². The van der Waals surface area contributed by atoms with Crippen molar-refractivity contribution in [1.29, 1.82) is 0 Å². The van der Waals surface area contributed by atoms with Gasteiger partial charge < -0.3 is 9.57 Å². The quantitative estimate of drug-likeness (QED) is 0.777. The van der Waals surface area contributed by atoms with E-state index in [4.69, 9.17) is 9.57 Å². The van der Waals surface area contributed by atoms with Gasteiger partial charge in [-0.25, -0.2) is 4.79 Å². The topological polar surface area (TPSA) is 51.7 Å². The summed E-state index contributed by atoms with van der Waals surface area (Å²) < 4.78 is 5.12. The summed E-state index contributed by atoms with van der Waals surface area (Å²) in [6.45, 7) is 6.61. The van der Waals surface area contributed by atoms with E-state index in [1.807, 2.05) is 45.0 Å². The zero-order valence-electron chi connectivity index (χ0n) is 12.1. The molecule has 0 N–H and O–H groups in total. The zero-order chi connectivity index (χ0) is 14.6. The highest BCUT2D eigenvalue weighted by Gasteiger charge is 2.22. The van der Waals surface area contributed by atoms with Gasteiger partial charge in [0.1, 0.15) is 5.60 Å². The molecule has 2 rings (SSSR count). The van der Waals surface area contributed by atoms with E-state index in [0.717, 1.165) is 12.1 Å². The molecule has 0 amide bonds. The minimum Gasteiger partial charge on any atom is -0.427 e. The Kier molecular flexibility index (Phi) is 4.39. The molecule has 0 fully saturated rings. The third-order valence-corrected chi connectivity index (χ3v) is 2.76. The molecule has 0 spiro atoms. The van der Waals surface area contributed by atoms with Crippen molar-refractivity contribution in [2.45, 2.75) is 32.8 Å². The Morgan fingerprint density at radius 2 is 2.15 bits per heavy atom. The van der Waals surface area contributed by atoms with E-state index in [0.29, 0.717) is 13.1 Å². The second-order valence-electron chi connectivity index (χ2n) is 5.64. The van der Waals surface area contributed by atoms with E-state index in [-0.39, 0.29) is 0 Å². The van der Waals surface area contributed by atoms with Gasteiger partial charge in [-0.3, -0.25) is 4.98 Å². The summed E-state index contributed by atoms with van der Waals surface area (Å²) in [5.74, 6) is 0. The monoisotopic (exact) mass is 276 g/mol. The van der Waals surface area contributed by atoms with Crippen molar-refractivity contribution < 1.29 is 14.4 Å². The molecule has 5 heteroatoms. The van der Waals surface area contributed by atoms with Crippen LogP contribution in [0.4, 0.5) is 4.79 Å². The van der Waals surface area contributed by atoms with Crippen molar-refractivity contribution in [3.63, 3.8) is 0 Å². The minimum absolute atomic E-state index is 0.540. The molecule has 1 aromatic heterocycles. The van der Waals surface area contributed by atoms with E-state index >= 15 is 0 Å². The van der Waals surface area contributed by atoms with E-state index in [1.54, 1.807) is 11.3 Å². The third-order valence-electron chi connectivity index (χ3n) is 2.76. The van der Waals surface area contributed by atoms with Crippen molar-refractivity contribution >= 4 is 11.7 Å². The molecule has 0 radical (unpaired) electrons. The van der Waals surface area contributed by atoms with Crippen LogP contribution in [0.2, 0.25) is 0 Å². The number of pyridine rings is 1. The standard InChI is InChI=1S/C15H20N2O3/c1-15(2,3)19-14(18)20-17-10-7-12(8-11-17)13-6-4-5-9-16-13/h4-7,9H,8,10-11H2,1-3H3. The van der Waals surface area contributed by atoms with Gasteiger partial charge >= 0.3 is 6.16 Å². The zero-order valence-corrected chi connectivity index (χ0v) is 12.1. The lowest BCUT2D eigenvalue weighted by Crippen LogP contribution is -2.34. The maximum atomic E-state index is 11.6. The maximum Gasteiger partial charge on any atom is 0.528 e. The number of hydrogen-bond donors (Lipinski definition) is 0. The molecule has 1 aliphatic heterocycles. The van der Waals surface area contributed by atoms with Gasteiger partial charge in [0.05, 0.1) is 12.2 Å². The number of carbonyl (C=O) groups is 1. The molecule has 1 aliphatic rings. The molecule has 0 saturated carbocycles. The molecule has 0 saturated heterocycles. The number of hydrogen-bond acceptors (Lipinski definition) is 5. The van der Waals surface area contributed by atoms with Crippen LogP contribution in [0, 0.1) is 0 Å². The Bertz CT molecular complexity index is 492. The highest BCUT2D eigenvalue weighted by Crippen LogP contribution is 2.20. The van der Waals surface area contributed by atoms with E-state index < -0.39 is 11.8 Å². The van der Waals surface area contributed by atoms with E-state index in [9.17, 15) is 4.79 Å². The van der Waals surface area contributed by atoms with E-state index in [2.05, 4.69) is 4.98 Å². The summed E-state index contributed by atoms with van der Waals surface area (Å²) in [6, 6.07) is 5.84. The van der Waals surface area contributed by atoms with Crippen LogP contribution in [0.5, 0.6) is 0 Å². The molecule has 0 bridgehead atoms. The Morgan fingerprint density at radius 3 is 2.70 bits per heavy atom. The number of nitrogens with zero attached hydrogens (tertiary/aromatic N) is 2. The second-order valence-corrected chi connectivity index (χ2v) is 5.64. The van der Waals surface area contributed by atoms with Gasteiger partial charge in [-0.15, -0.1) is 5.06 Å². The lowest BCUT2D eigenvalue weighted by molar-refractivity contribution is -0.137. The molecular weight excluding hydrogens is 256 g/mol. The van der Waals surface area contributed by atoms with Crippen molar-refractivity contribution in [3.05, 3.63) is 36.2 Å². The van der Waals surface area contributed by atoms with Crippen molar-refractivity contribution in [1.82, 2.24) is 10.0 Å². The Labute approximate surface area is 119 Å². The lowest BCUT2D eigenvalue weighted by Gasteiger charge is -2.26. The summed E-state index contributed by atoms with van der Waals surface area (Å²) in [5, 5.41) is 1.60. The molecule has 0 unspecified atom stereocenters. The SMILES string of the molecule is CC(C)(C)OC(=O)ON1CC=C(c2ccccn2)CC1. The highest BCUT2D eigenvalue weighted by atomic mass is 16.8. The first-order chi connectivity index (χ1) is 9.44. The molecular formula is C15H20N2O3. The first-order valence-electron chi connectivity index (χ1n) is 6.70. The van der Waals surface area contributed by atoms with Gasteiger partial charge in [0.15, 0.2) is 0 Å². The first kappa shape index (κ1) is 14.5. The third kappa shape index (κ3) is 4.35. The minimum atomic E-state index is -0.660. The predicted octanol–water partition coefficient (Wildman–Crippen LogP) is 3.04. The second kappa shape index (κ2) is 6.05. The summed E-state index contributed by atoms with van der Waals surface area (Å²) in [6.07, 6.45) is 3.93. The Morgan fingerprint density at radius 1 is 1.35 bits per heavy atom. The number of aromatic nitrogens is 1. The normalized spacial score (nSPS) is 16.4. The molecule has 2 heterocycles. The van der Waals surface area contributed by atoms with Crippen molar-refractivity contribution in [2.75, 3.05) is 13.1 Å². The molecule has 1 aromatic rings. The van der Waals surface area contributed by atoms with Crippen LogP contribution < -0.4 is 0 Å². The molecule has 0 aliphatic carbocycles. The predicted molar refractivity (Wildman–Crippen MR) is 75.7 cm³/mol. The molecule has 108 valence electrons. The summed E-state index contributed by atoms with van der Waals surface area (Å²) >= 11 is 0. The van der Waals surface area contributed by atoms with Crippen LogP contribution in [0.1, 0.15) is 32.9 Å². The van der Waals surface area contributed by atoms with Crippen LogP contribution >= 0.6 is 0 Å². The molecule has 20 heavy (non-hydrogen) atoms. The van der Waals surface area contributed by atoms with Crippen LogP contribution in [-0.2, 0) is 9.57 Å². The largest absolute Gasteiger partial charge is 0.528 e. The molecule has 0 atom stereocenters. The number of rotatable bonds is 2. The summed E-state index contributed by atoms with van der Waals surface area (Å²) in [4.78, 5) is 21.0. The van der Waals surface area contributed by atoms with Crippen LogP contribution in [-0.4, -0.2) is 34.9 Å². The average Bonchev–Trinajstić information content (AvgIpc) is 2.38. The number of hydroxylamine groups is 2. The Hall–Kier alpha value is -1.88. The molecule has 5 nitrogen and oxygen atoms in total. The average molecular weight is 276 g/mol. The fourth-order valence-corrected chi connectivity index (χ4v) is 1.89. The maximum absolute atomic E-state index is 11.6. The van der Waals surface area contributed by atoms with Gasteiger partial charge in [-0.2, -0.15) is 0 Å². The van der Waals surface area contributed by atoms with Gasteiger partial charge in [0.25, 0.3) is 0 Å². The van der Waals surface area contributed by atoms with Crippen LogP contribution in [0.15, 0.2) is 30.5 Å². The summed E-state index contributed by atoms with van der Waals surface area (Å²) in [5.41, 5.74) is 1.61. The van der Waals surface area contributed by atoms with Gasteiger partial charge in [-0.05, 0) is 44.9 Å². The lowest BCUT2D eigenvalue weighted by atomic mass is 10.1. The van der Waals surface area contributed by atoms with Crippen molar-refractivity contribution in [3.8, 4) is 0 Å². The smallest absolute Gasteiger partial charge is 0.427 e. The fourth-order valence-electron chi connectivity index (χ4n) is 1.89. The fraction of sp³-hybridized carbons (Fsp3) is 0.467. The van der Waals surface area contributed by atoms with Crippen LogP contribution in [0.3, 0.4) is 0 Å². The molecule has 0 aromatic carbocycles. The van der Waals surface area contributed by atoms with E-state index in [1.165, 1.54) is 5.57 Å². The summed E-state index contributed by atoms with van der Waals surface area (Å²) in [7, 11) is 0.